The third-order valence-corrected chi connectivity index (χ3v) is 5.11. The van der Waals surface area contributed by atoms with Crippen molar-refractivity contribution in [3.8, 4) is 0 Å². The molecule has 0 aliphatic heterocycles. The number of carbonyl (C=O) groups is 2. The van der Waals surface area contributed by atoms with E-state index in [0.717, 1.165) is 23.7 Å². The van der Waals surface area contributed by atoms with Gasteiger partial charge in [0.05, 0.1) is 23.2 Å². The van der Waals surface area contributed by atoms with Crippen LogP contribution in [0.4, 0.5) is 4.79 Å². The predicted molar refractivity (Wildman–Crippen MR) is 114 cm³/mol. The summed E-state index contributed by atoms with van der Waals surface area (Å²) in [4.78, 5) is 41.4. The van der Waals surface area contributed by atoms with Crippen molar-refractivity contribution in [3.05, 3.63) is 70.5 Å². The number of carbonyl (C=O) groups excluding carboxylic acids is 2. The number of thioether (sulfide) groups is 1. The Morgan fingerprint density at radius 1 is 1.07 bits per heavy atom. The molecule has 150 valence electrons. The molecule has 0 saturated heterocycles. The largest absolute Gasteiger partial charge is 0.338 e. The molecular weight excluding hydrogens is 388 g/mol. The molecule has 1 aromatic heterocycles. The maximum absolute atomic E-state index is 13.0. The van der Waals surface area contributed by atoms with E-state index in [1.54, 1.807) is 22.8 Å². The summed E-state index contributed by atoms with van der Waals surface area (Å²) in [7, 11) is 0. The number of rotatable bonds is 7. The highest BCUT2D eigenvalue weighted by molar-refractivity contribution is 7.99. The van der Waals surface area contributed by atoms with Crippen LogP contribution in [-0.4, -0.2) is 33.8 Å². The lowest BCUT2D eigenvalue weighted by atomic mass is 10.2. The van der Waals surface area contributed by atoms with Gasteiger partial charge in [0.1, 0.15) is 0 Å². The highest BCUT2D eigenvalue weighted by atomic mass is 32.2. The SMILES string of the molecule is CCCNC(=O)NC(=O)CSc1nc2ccccc2c(=O)n1Cc1ccccc1. The average molecular weight is 410 g/mol. The Morgan fingerprint density at radius 3 is 2.55 bits per heavy atom. The van der Waals surface area contributed by atoms with Crippen LogP contribution in [0.3, 0.4) is 0 Å². The summed E-state index contributed by atoms with van der Waals surface area (Å²) in [5.41, 5.74) is 1.37. The summed E-state index contributed by atoms with van der Waals surface area (Å²) < 4.78 is 1.56. The van der Waals surface area contributed by atoms with E-state index in [4.69, 9.17) is 0 Å². The summed E-state index contributed by atoms with van der Waals surface area (Å²) in [6, 6.07) is 16.2. The Kier molecular flexibility index (Phi) is 7.02. The standard InChI is InChI=1S/C21H22N4O3S/c1-2-12-22-20(28)24-18(26)14-29-21-23-17-11-7-6-10-16(17)19(27)25(21)13-15-8-4-3-5-9-15/h3-11H,2,12-14H2,1H3,(H2,22,24,26,28). The molecule has 0 aliphatic carbocycles. The van der Waals surface area contributed by atoms with Crippen molar-refractivity contribution in [2.24, 2.45) is 0 Å². The molecule has 3 amide bonds. The van der Waals surface area contributed by atoms with Crippen LogP contribution in [0.5, 0.6) is 0 Å². The number of hydrogen-bond donors (Lipinski definition) is 2. The molecule has 7 nitrogen and oxygen atoms in total. The quantitative estimate of drug-likeness (QED) is 0.462. The number of aromatic nitrogens is 2. The molecule has 2 N–H and O–H groups in total. The minimum absolute atomic E-state index is 0.0287. The molecule has 0 bridgehead atoms. The molecule has 0 fully saturated rings. The van der Waals surface area contributed by atoms with Gasteiger partial charge in [-0.1, -0.05) is 61.2 Å². The third-order valence-electron chi connectivity index (χ3n) is 4.13. The average Bonchev–Trinajstić information content (AvgIpc) is 2.74. The molecule has 0 spiro atoms. The van der Waals surface area contributed by atoms with Crippen LogP contribution in [0.15, 0.2) is 64.5 Å². The fraction of sp³-hybridized carbons (Fsp3) is 0.238. The molecule has 1 heterocycles. The van der Waals surface area contributed by atoms with Crippen LogP contribution in [0.1, 0.15) is 18.9 Å². The molecule has 29 heavy (non-hydrogen) atoms. The lowest BCUT2D eigenvalue weighted by molar-refractivity contribution is -0.117. The van der Waals surface area contributed by atoms with Crippen LogP contribution in [-0.2, 0) is 11.3 Å². The fourth-order valence-corrected chi connectivity index (χ4v) is 3.54. The van der Waals surface area contributed by atoms with Gasteiger partial charge in [0.15, 0.2) is 5.16 Å². The Hall–Kier alpha value is -3.13. The van der Waals surface area contributed by atoms with Gasteiger partial charge in [-0.05, 0) is 24.1 Å². The van der Waals surface area contributed by atoms with Gasteiger partial charge in [0.2, 0.25) is 5.91 Å². The zero-order valence-electron chi connectivity index (χ0n) is 16.1. The first-order valence-electron chi connectivity index (χ1n) is 9.32. The molecule has 3 rings (SSSR count). The number of hydrogen-bond acceptors (Lipinski definition) is 5. The number of benzene rings is 2. The van der Waals surface area contributed by atoms with Crippen LogP contribution in [0.25, 0.3) is 10.9 Å². The van der Waals surface area contributed by atoms with Gasteiger partial charge in [-0.3, -0.25) is 19.5 Å². The summed E-state index contributed by atoms with van der Waals surface area (Å²) >= 11 is 1.13. The zero-order valence-corrected chi connectivity index (χ0v) is 16.9. The van der Waals surface area contributed by atoms with Crippen LogP contribution in [0.2, 0.25) is 0 Å². The molecule has 0 radical (unpaired) electrons. The van der Waals surface area contributed by atoms with Gasteiger partial charge in [-0.25, -0.2) is 9.78 Å². The predicted octanol–water partition coefficient (Wildman–Crippen LogP) is 2.77. The second-order valence-corrected chi connectivity index (χ2v) is 7.32. The highest BCUT2D eigenvalue weighted by Gasteiger charge is 2.14. The number of urea groups is 1. The second kappa shape index (κ2) is 9.88. The molecule has 3 aromatic rings. The molecule has 0 atom stereocenters. The maximum Gasteiger partial charge on any atom is 0.321 e. The normalized spacial score (nSPS) is 10.7. The first-order chi connectivity index (χ1) is 14.1. The van der Waals surface area contributed by atoms with Crippen molar-refractivity contribution in [2.45, 2.75) is 25.0 Å². The Labute approximate surface area is 172 Å². The van der Waals surface area contributed by atoms with Crippen molar-refractivity contribution in [2.75, 3.05) is 12.3 Å². The molecule has 0 unspecified atom stereocenters. The molecule has 0 aliphatic rings. The van der Waals surface area contributed by atoms with E-state index in [2.05, 4.69) is 15.6 Å². The molecule has 2 aromatic carbocycles. The molecule has 8 heteroatoms. The van der Waals surface area contributed by atoms with E-state index >= 15 is 0 Å². The van der Waals surface area contributed by atoms with Gasteiger partial charge in [0.25, 0.3) is 5.56 Å². The van der Waals surface area contributed by atoms with E-state index < -0.39 is 11.9 Å². The van der Waals surface area contributed by atoms with Gasteiger partial charge in [-0.2, -0.15) is 0 Å². The first kappa shape index (κ1) is 20.6. The zero-order chi connectivity index (χ0) is 20.6. The number of fused-ring (bicyclic) bond motifs is 1. The second-order valence-electron chi connectivity index (χ2n) is 6.38. The minimum Gasteiger partial charge on any atom is -0.338 e. The number of amides is 3. The van der Waals surface area contributed by atoms with Crippen molar-refractivity contribution < 1.29 is 9.59 Å². The Bertz CT molecular complexity index is 1070. The summed E-state index contributed by atoms with van der Waals surface area (Å²) in [6.45, 7) is 2.77. The number of nitrogens with zero attached hydrogens (tertiary/aromatic N) is 2. The van der Waals surface area contributed by atoms with Gasteiger partial charge >= 0.3 is 6.03 Å². The Morgan fingerprint density at radius 2 is 1.79 bits per heavy atom. The van der Waals surface area contributed by atoms with Crippen LogP contribution in [0, 0.1) is 0 Å². The highest BCUT2D eigenvalue weighted by Crippen LogP contribution is 2.18. The van der Waals surface area contributed by atoms with Gasteiger partial charge in [0, 0.05) is 6.54 Å². The molecular formula is C21H22N4O3S. The lowest BCUT2D eigenvalue weighted by Crippen LogP contribution is -2.40. The smallest absolute Gasteiger partial charge is 0.321 e. The third kappa shape index (κ3) is 5.45. The van der Waals surface area contributed by atoms with Crippen molar-refractivity contribution in [1.82, 2.24) is 20.2 Å². The first-order valence-corrected chi connectivity index (χ1v) is 10.3. The van der Waals surface area contributed by atoms with Gasteiger partial charge in [-0.15, -0.1) is 0 Å². The van der Waals surface area contributed by atoms with E-state index in [9.17, 15) is 14.4 Å². The monoisotopic (exact) mass is 410 g/mol. The summed E-state index contributed by atoms with van der Waals surface area (Å²) in [5, 5.41) is 5.83. The van der Waals surface area contributed by atoms with Gasteiger partial charge < -0.3 is 5.32 Å². The van der Waals surface area contributed by atoms with E-state index in [-0.39, 0.29) is 11.3 Å². The van der Waals surface area contributed by atoms with E-state index in [1.807, 2.05) is 43.3 Å². The van der Waals surface area contributed by atoms with Crippen LogP contribution >= 0.6 is 11.8 Å². The van der Waals surface area contributed by atoms with E-state index in [1.165, 1.54) is 0 Å². The number of imide groups is 1. The minimum atomic E-state index is -0.523. The number of para-hydroxylation sites is 1. The van der Waals surface area contributed by atoms with Crippen molar-refractivity contribution in [3.63, 3.8) is 0 Å². The summed E-state index contributed by atoms with van der Waals surface area (Å²) in [5.74, 6) is -0.476. The van der Waals surface area contributed by atoms with Crippen molar-refractivity contribution in [1.29, 1.82) is 0 Å². The molecule has 0 saturated carbocycles. The topological polar surface area (TPSA) is 93.1 Å². The van der Waals surface area contributed by atoms with Crippen molar-refractivity contribution >= 4 is 34.6 Å². The van der Waals surface area contributed by atoms with Crippen LogP contribution < -0.4 is 16.2 Å². The maximum atomic E-state index is 13.0. The Balaban J connectivity index is 1.83. The summed E-state index contributed by atoms with van der Waals surface area (Å²) in [6.07, 6.45) is 0.781. The number of nitrogens with one attached hydrogen (secondary N) is 2. The lowest BCUT2D eigenvalue weighted by Gasteiger charge is -2.13. The van der Waals surface area contributed by atoms with E-state index in [0.29, 0.717) is 29.1 Å². The fourth-order valence-electron chi connectivity index (χ4n) is 2.74.